The van der Waals surface area contributed by atoms with Crippen LogP contribution in [0.15, 0.2) is 21.4 Å². The Balaban J connectivity index is 2.41. The van der Waals surface area contributed by atoms with Gasteiger partial charge in [0.2, 0.25) is 0 Å². The second-order valence-electron chi connectivity index (χ2n) is 7.58. The molecule has 5 heteroatoms. The van der Waals surface area contributed by atoms with Gasteiger partial charge in [0, 0.05) is 12.5 Å². The van der Waals surface area contributed by atoms with Crippen LogP contribution in [-0.4, -0.2) is 16.5 Å². The Morgan fingerprint density at radius 2 is 1.96 bits per heavy atom. The minimum atomic E-state index is -0.570. The summed E-state index contributed by atoms with van der Waals surface area (Å²) < 4.78 is 11.6. The van der Waals surface area contributed by atoms with Crippen molar-refractivity contribution in [2.45, 2.75) is 65.4 Å². The standard InChI is InChI=1S/C22H26O5/c1-5-7-9-15(23)18-19(25)14-10-11-22(3,4)27-20(14)17-13(8-6-2)12-16(24)26-21(17)18/h10-12,25H,5-9H2,1-4H3. The molecule has 144 valence electrons. The van der Waals surface area contributed by atoms with Crippen LogP contribution in [-0.2, 0) is 6.42 Å². The molecule has 1 aromatic heterocycles. The summed E-state index contributed by atoms with van der Waals surface area (Å²) in [7, 11) is 0. The molecule has 0 atom stereocenters. The van der Waals surface area contributed by atoms with Crippen molar-refractivity contribution >= 4 is 22.8 Å². The number of fused-ring (bicyclic) bond motifs is 3. The van der Waals surface area contributed by atoms with Gasteiger partial charge in [-0.2, -0.15) is 0 Å². The molecule has 0 saturated heterocycles. The summed E-state index contributed by atoms with van der Waals surface area (Å²) in [5, 5.41) is 11.5. The quantitative estimate of drug-likeness (QED) is 0.571. The van der Waals surface area contributed by atoms with Gasteiger partial charge in [-0.25, -0.2) is 4.79 Å². The van der Waals surface area contributed by atoms with Crippen molar-refractivity contribution < 1.29 is 19.1 Å². The highest BCUT2D eigenvalue weighted by atomic mass is 16.5. The number of phenols is 1. The van der Waals surface area contributed by atoms with Crippen LogP contribution in [0.2, 0.25) is 0 Å². The van der Waals surface area contributed by atoms with Crippen molar-refractivity contribution in [2.75, 3.05) is 0 Å². The fraction of sp³-hybridized carbons (Fsp3) is 0.455. The molecule has 0 radical (unpaired) electrons. The van der Waals surface area contributed by atoms with Crippen LogP contribution < -0.4 is 10.4 Å². The fourth-order valence-corrected chi connectivity index (χ4v) is 3.48. The van der Waals surface area contributed by atoms with Crippen molar-refractivity contribution in [3.05, 3.63) is 39.3 Å². The first-order chi connectivity index (χ1) is 12.8. The first kappa shape index (κ1) is 19.2. The van der Waals surface area contributed by atoms with Crippen molar-refractivity contribution in [1.82, 2.24) is 0 Å². The fourth-order valence-electron chi connectivity index (χ4n) is 3.48. The Hall–Kier alpha value is -2.56. The average molecular weight is 370 g/mol. The third-order valence-electron chi connectivity index (χ3n) is 4.81. The lowest BCUT2D eigenvalue weighted by Gasteiger charge is -2.30. The van der Waals surface area contributed by atoms with E-state index in [1.807, 2.05) is 33.8 Å². The maximum Gasteiger partial charge on any atom is 0.336 e. The number of ether oxygens (including phenoxy) is 1. The lowest BCUT2D eigenvalue weighted by molar-refractivity contribution is 0.0977. The molecule has 1 N–H and O–H groups in total. The summed E-state index contributed by atoms with van der Waals surface area (Å²) in [5.41, 5.74) is 0.360. The van der Waals surface area contributed by atoms with Crippen LogP contribution in [0.1, 0.15) is 74.9 Å². The van der Waals surface area contributed by atoms with Gasteiger partial charge < -0.3 is 14.3 Å². The highest BCUT2D eigenvalue weighted by molar-refractivity contribution is 6.12. The summed E-state index contributed by atoms with van der Waals surface area (Å²) in [5.74, 6) is 0.0635. The number of ketones is 1. The minimum absolute atomic E-state index is 0.0835. The summed E-state index contributed by atoms with van der Waals surface area (Å²) in [6, 6.07) is 1.46. The number of aryl methyl sites for hydroxylation is 1. The Morgan fingerprint density at radius 3 is 2.63 bits per heavy atom. The highest BCUT2D eigenvalue weighted by Gasteiger charge is 2.32. The van der Waals surface area contributed by atoms with Crippen molar-refractivity contribution in [3.63, 3.8) is 0 Å². The topological polar surface area (TPSA) is 76.7 Å². The summed E-state index contributed by atoms with van der Waals surface area (Å²) >= 11 is 0. The molecule has 27 heavy (non-hydrogen) atoms. The van der Waals surface area contributed by atoms with Gasteiger partial charge in [0.15, 0.2) is 11.4 Å². The Bertz CT molecular complexity index is 979. The molecular weight excluding hydrogens is 344 g/mol. The zero-order chi connectivity index (χ0) is 19.8. The third-order valence-corrected chi connectivity index (χ3v) is 4.81. The third kappa shape index (κ3) is 3.51. The van der Waals surface area contributed by atoms with Gasteiger partial charge in [0.1, 0.15) is 22.7 Å². The molecule has 0 unspecified atom stereocenters. The number of benzene rings is 1. The van der Waals surface area contributed by atoms with Crippen LogP contribution in [0.25, 0.3) is 17.0 Å². The maximum absolute atomic E-state index is 12.8. The number of phenolic OH excluding ortho intramolecular Hbond substituents is 1. The lowest BCUT2D eigenvalue weighted by Crippen LogP contribution is -2.28. The summed E-state index contributed by atoms with van der Waals surface area (Å²) in [4.78, 5) is 25.0. The first-order valence-corrected chi connectivity index (χ1v) is 9.56. The van der Waals surface area contributed by atoms with E-state index in [1.54, 1.807) is 6.08 Å². The Kier molecular flexibility index (Phi) is 5.13. The predicted molar refractivity (Wildman–Crippen MR) is 106 cm³/mol. The lowest BCUT2D eigenvalue weighted by atomic mass is 9.91. The van der Waals surface area contributed by atoms with E-state index < -0.39 is 11.2 Å². The van der Waals surface area contributed by atoms with E-state index in [4.69, 9.17) is 9.15 Å². The molecule has 1 aliphatic rings. The number of carbonyl (C=O) groups is 1. The Labute approximate surface area is 158 Å². The van der Waals surface area contributed by atoms with Crippen LogP contribution >= 0.6 is 0 Å². The molecule has 5 nitrogen and oxygen atoms in total. The van der Waals surface area contributed by atoms with Crippen molar-refractivity contribution in [3.8, 4) is 11.5 Å². The van der Waals surface area contributed by atoms with Gasteiger partial charge in [-0.3, -0.25) is 4.79 Å². The van der Waals surface area contributed by atoms with E-state index in [-0.39, 0.29) is 29.1 Å². The monoisotopic (exact) mass is 370 g/mol. The van der Waals surface area contributed by atoms with Crippen molar-refractivity contribution in [1.29, 1.82) is 0 Å². The molecule has 0 fully saturated rings. The van der Waals surface area contributed by atoms with Crippen LogP contribution in [0.3, 0.4) is 0 Å². The van der Waals surface area contributed by atoms with Gasteiger partial charge in [0.05, 0.1) is 10.9 Å². The first-order valence-electron chi connectivity index (χ1n) is 9.56. The molecule has 0 spiro atoms. The number of carbonyl (C=O) groups excluding carboxylic acids is 1. The maximum atomic E-state index is 12.8. The van der Waals surface area contributed by atoms with Gasteiger partial charge in [-0.15, -0.1) is 0 Å². The highest BCUT2D eigenvalue weighted by Crippen LogP contribution is 2.46. The molecule has 1 aromatic carbocycles. The molecule has 2 aromatic rings. The molecular formula is C22H26O5. The van der Waals surface area contributed by atoms with Crippen LogP contribution in [0, 0.1) is 0 Å². The van der Waals surface area contributed by atoms with Gasteiger partial charge in [-0.1, -0.05) is 26.7 Å². The second-order valence-corrected chi connectivity index (χ2v) is 7.58. The van der Waals surface area contributed by atoms with E-state index in [1.165, 1.54) is 6.07 Å². The smallest absolute Gasteiger partial charge is 0.336 e. The average Bonchev–Trinajstić information content (AvgIpc) is 2.58. The van der Waals surface area contributed by atoms with E-state index in [0.29, 0.717) is 29.5 Å². The van der Waals surface area contributed by atoms with E-state index >= 15 is 0 Å². The van der Waals surface area contributed by atoms with E-state index in [2.05, 4.69) is 0 Å². The molecule has 0 bridgehead atoms. The minimum Gasteiger partial charge on any atom is -0.506 e. The molecule has 1 aliphatic heterocycles. The SMILES string of the molecule is CCCCC(=O)c1c(O)c2c(c3c(CCC)cc(=O)oc13)OC(C)(C)C=C2. The molecule has 3 rings (SSSR count). The number of aromatic hydroxyl groups is 1. The molecule has 0 amide bonds. The van der Waals surface area contributed by atoms with E-state index in [9.17, 15) is 14.7 Å². The predicted octanol–water partition coefficient (Wildman–Crippen LogP) is 5.01. The molecule has 2 heterocycles. The Morgan fingerprint density at radius 1 is 1.22 bits per heavy atom. The number of hydrogen-bond acceptors (Lipinski definition) is 5. The number of hydrogen-bond donors (Lipinski definition) is 1. The van der Waals surface area contributed by atoms with Gasteiger partial charge >= 0.3 is 5.63 Å². The normalized spacial score (nSPS) is 14.8. The van der Waals surface area contributed by atoms with Gasteiger partial charge in [-0.05, 0) is 44.4 Å². The molecule has 0 saturated carbocycles. The number of Topliss-reactive ketones (excluding diaryl/α,β-unsaturated/α-hetero) is 1. The largest absolute Gasteiger partial charge is 0.506 e. The van der Waals surface area contributed by atoms with Crippen LogP contribution in [0.4, 0.5) is 0 Å². The summed E-state index contributed by atoms with van der Waals surface area (Å²) in [6.45, 7) is 7.84. The van der Waals surface area contributed by atoms with Crippen molar-refractivity contribution in [2.24, 2.45) is 0 Å². The number of rotatable bonds is 6. The zero-order valence-corrected chi connectivity index (χ0v) is 16.3. The molecule has 0 aliphatic carbocycles. The second kappa shape index (κ2) is 7.22. The van der Waals surface area contributed by atoms with Crippen LogP contribution in [0.5, 0.6) is 11.5 Å². The zero-order valence-electron chi connectivity index (χ0n) is 16.3. The van der Waals surface area contributed by atoms with E-state index in [0.717, 1.165) is 18.4 Å². The summed E-state index contributed by atoms with van der Waals surface area (Å²) in [6.07, 6.45) is 6.95. The number of unbranched alkanes of at least 4 members (excludes halogenated alkanes) is 1. The van der Waals surface area contributed by atoms with Gasteiger partial charge in [0.25, 0.3) is 0 Å².